The zero-order chi connectivity index (χ0) is 12.4. The predicted octanol–water partition coefficient (Wildman–Crippen LogP) is 2.41. The van der Waals surface area contributed by atoms with Crippen LogP contribution < -0.4 is 10.1 Å². The van der Waals surface area contributed by atoms with E-state index in [-0.39, 0.29) is 6.10 Å². The summed E-state index contributed by atoms with van der Waals surface area (Å²) in [6, 6.07) is 7.64. The molecule has 0 spiro atoms. The van der Waals surface area contributed by atoms with Gasteiger partial charge in [0.25, 0.3) is 5.88 Å². The fraction of sp³-hybridized carbons (Fsp3) is 0.385. The Morgan fingerprint density at radius 3 is 2.72 bits per heavy atom. The molecule has 0 amide bonds. The van der Waals surface area contributed by atoms with Crippen LogP contribution in [0.3, 0.4) is 0 Å². The van der Waals surface area contributed by atoms with Crippen molar-refractivity contribution in [2.75, 3.05) is 13.1 Å². The first-order valence-electron chi connectivity index (χ1n) is 6.12. The number of benzene rings is 1. The van der Waals surface area contributed by atoms with Gasteiger partial charge in [0.2, 0.25) is 0 Å². The van der Waals surface area contributed by atoms with Gasteiger partial charge < -0.3 is 10.1 Å². The van der Waals surface area contributed by atoms with Gasteiger partial charge in [-0.3, -0.25) is 0 Å². The number of hydrogen-bond acceptors (Lipinski definition) is 4. The van der Waals surface area contributed by atoms with Gasteiger partial charge in [0.1, 0.15) is 6.10 Å². The van der Waals surface area contributed by atoms with E-state index in [9.17, 15) is 0 Å². The molecule has 0 bridgehead atoms. The maximum Gasteiger partial charge on any atom is 0.253 e. The van der Waals surface area contributed by atoms with Gasteiger partial charge in [-0.05, 0) is 31.5 Å². The lowest BCUT2D eigenvalue weighted by Crippen LogP contribution is -2.37. The molecule has 18 heavy (non-hydrogen) atoms. The smallest absolute Gasteiger partial charge is 0.253 e. The first kappa shape index (κ1) is 11.7. The van der Waals surface area contributed by atoms with E-state index in [1.807, 2.05) is 24.3 Å². The number of para-hydroxylation sites is 2. The summed E-state index contributed by atoms with van der Waals surface area (Å²) in [5.74, 6) is 0.434. The zero-order valence-corrected chi connectivity index (χ0v) is 10.7. The minimum atomic E-state index is 0.131. The third kappa shape index (κ3) is 2.40. The molecular formula is C13H14ClN3O. The van der Waals surface area contributed by atoms with Crippen LogP contribution in [0.25, 0.3) is 11.0 Å². The summed E-state index contributed by atoms with van der Waals surface area (Å²) in [4.78, 5) is 8.72. The Kier molecular flexibility index (Phi) is 3.30. The summed E-state index contributed by atoms with van der Waals surface area (Å²) in [6.45, 7) is 1.89. The molecule has 0 radical (unpaired) electrons. The summed E-state index contributed by atoms with van der Waals surface area (Å²) in [5, 5.41) is 3.63. The van der Waals surface area contributed by atoms with Crippen LogP contribution in [-0.2, 0) is 0 Å². The second-order valence-corrected chi connectivity index (χ2v) is 4.75. The lowest BCUT2D eigenvalue weighted by atomic mass is 10.1. The van der Waals surface area contributed by atoms with Gasteiger partial charge >= 0.3 is 0 Å². The van der Waals surface area contributed by atoms with Gasteiger partial charge in [0.15, 0.2) is 5.15 Å². The van der Waals surface area contributed by atoms with Crippen molar-refractivity contribution in [1.29, 1.82) is 0 Å². The molecule has 1 aliphatic heterocycles. The lowest BCUT2D eigenvalue weighted by Gasteiger charge is -2.23. The first-order valence-corrected chi connectivity index (χ1v) is 6.50. The number of halogens is 1. The lowest BCUT2D eigenvalue weighted by molar-refractivity contribution is 0.160. The first-order chi connectivity index (χ1) is 8.83. The molecular weight excluding hydrogens is 250 g/mol. The molecule has 0 aliphatic carbocycles. The van der Waals surface area contributed by atoms with Crippen LogP contribution in [0.1, 0.15) is 12.8 Å². The maximum atomic E-state index is 6.10. The monoisotopic (exact) mass is 263 g/mol. The van der Waals surface area contributed by atoms with Crippen LogP contribution in [0.5, 0.6) is 5.88 Å². The number of nitrogens with zero attached hydrogens (tertiary/aromatic N) is 2. The second kappa shape index (κ2) is 5.08. The highest BCUT2D eigenvalue weighted by Gasteiger charge is 2.17. The summed E-state index contributed by atoms with van der Waals surface area (Å²) in [6.07, 6.45) is 2.27. The standard InChI is InChI=1S/C13H14ClN3O/c14-12-13(18-9-4-3-7-15-8-9)17-11-6-2-1-5-10(11)16-12/h1-2,5-6,9,15H,3-4,7-8H2/t9-/m0/s1. The second-order valence-electron chi connectivity index (χ2n) is 4.39. The van der Waals surface area contributed by atoms with Gasteiger partial charge in [0.05, 0.1) is 11.0 Å². The highest BCUT2D eigenvalue weighted by Crippen LogP contribution is 2.24. The van der Waals surface area contributed by atoms with Gasteiger partial charge in [-0.2, -0.15) is 0 Å². The molecule has 94 valence electrons. The van der Waals surface area contributed by atoms with E-state index < -0.39 is 0 Å². The minimum Gasteiger partial charge on any atom is -0.471 e. The Balaban J connectivity index is 1.88. The molecule has 1 aliphatic rings. The molecule has 3 rings (SSSR count). The average Bonchev–Trinajstić information content (AvgIpc) is 2.41. The number of ether oxygens (including phenoxy) is 1. The molecule has 1 N–H and O–H groups in total. The Morgan fingerprint density at radius 2 is 2.00 bits per heavy atom. The van der Waals surface area contributed by atoms with Crippen molar-refractivity contribution in [2.45, 2.75) is 18.9 Å². The predicted molar refractivity (Wildman–Crippen MR) is 71.1 cm³/mol. The summed E-state index contributed by atoms with van der Waals surface area (Å²) in [5.41, 5.74) is 1.59. The van der Waals surface area contributed by atoms with E-state index in [1.165, 1.54) is 0 Å². The number of aromatic nitrogens is 2. The highest BCUT2D eigenvalue weighted by molar-refractivity contribution is 6.31. The van der Waals surface area contributed by atoms with Crippen LogP contribution in [0.2, 0.25) is 5.15 Å². The van der Waals surface area contributed by atoms with E-state index in [2.05, 4.69) is 15.3 Å². The Morgan fingerprint density at radius 1 is 1.22 bits per heavy atom. The van der Waals surface area contributed by atoms with Crippen molar-refractivity contribution in [3.63, 3.8) is 0 Å². The molecule has 5 heteroatoms. The van der Waals surface area contributed by atoms with Gasteiger partial charge in [-0.25, -0.2) is 9.97 Å². The molecule has 0 saturated carbocycles. The summed E-state index contributed by atoms with van der Waals surface area (Å²) < 4.78 is 5.83. The van der Waals surface area contributed by atoms with E-state index >= 15 is 0 Å². The van der Waals surface area contributed by atoms with Crippen molar-refractivity contribution >= 4 is 22.6 Å². The topological polar surface area (TPSA) is 47.0 Å². The number of fused-ring (bicyclic) bond motifs is 1. The van der Waals surface area contributed by atoms with E-state index in [1.54, 1.807) is 0 Å². The quantitative estimate of drug-likeness (QED) is 0.904. The van der Waals surface area contributed by atoms with Crippen molar-refractivity contribution in [2.24, 2.45) is 0 Å². The van der Waals surface area contributed by atoms with E-state index in [0.717, 1.165) is 37.0 Å². The summed E-state index contributed by atoms with van der Waals surface area (Å²) in [7, 11) is 0. The van der Waals surface area contributed by atoms with Crippen LogP contribution in [0.4, 0.5) is 0 Å². The molecule has 2 heterocycles. The van der Waals surface area contributed by atoms with Crippen molar-refractivity contribution in [3.05, 3.63) is 29.4 Å². The molecule has 2 aromatic rings. The molecule has 1 saturated heterocycles. The normalized spacial score (nSPS) is 19.9. The average molecular weight is 264 g/mol. The molecule has 1 atom stereocenters. The number of nitrogens with one attached hydrogen (secondary N) is 1. The maximum absolute atomic E-state index is 6.10. The van der Waals surface area contributed by atoms with Crippen LogP contribution >= 0.6 is 11.6 Å². The van der Waals surface area contributed by atoms with Crippen molar-refractivity contribution in [1.82, 2.24) is 15.3 Å². The molecule has 4 nitrogen and oxygen atoms in total. The Hall–Kier alpha value is -1.39. The fourth-order valence-corrected chi connectivity index (χ4v) is 2.29. The van der Waals surface area contributed by atoms with Gasteiger partial charge in [-0.15, -0.1) is 0 Å². The third-order valence-corrected chi connectivity index (χ3v) is 3.27. The van der Waals surface area contributed by atoms with Crippen molar-refractivity contribution in [3.8, 4) is 5.88 Å². The largest absolute Gasteiger partial charge is 0.471 e. The highest BCUT2D eigenvalue weighted by atomic mass is 35.5. The molecule has 1 aromatic heterocycles. The number of piperidine rings is 1. The molecule has 0 unspecified atom stereocenters. The van der Waals surface area contributed by atoms with Gasteiger partial charge in [0, 0.05) is 6.54 Å². The Bertz CT molecular complexity index is 555. The molecule has 1 aromatic carbocycles. The van der Waals surface area contributed by atoms with E-state index in [0.29, 0.717) is 11.0 Å². The zero-order valence-electron chi connectivity index (χ0n) is 9.90. The minimum absolute atomic E-state index is 0.131. The van der Waals surface area contributed by atoms with Crippen LogP contribution in [-0.4, -0.2) is 29.2 Å². The number of hydrogen-bond donors (Lipinski definition) is 1. The third-order valence-electron chi connectivity index (χ3n) is 3.03. The SMILES string of the molecule is Clc1nc2ccccc2nc1O[C@H]1CCCNC1. The van der Waals surface area contributed by atoms with Gasteiger partial charge in [-0.1, -0.05) is 23.7 Å². The number of rotatable bonds is 2. The van der Waals surface area contributed by atoms with Crippen LogP contribution in [0, 0.1) is 0 Å². The molecule has 1 fully saturated rings. The summed E-state index contributed by atoms with van der Waals surface area (Å²) >= 11 is 6.10. The fourth-order valence-electron chi connectivity index (χ4n) is 2.12. The Labute approximate surface area is 110 Å². The van der Waals surface area contributed by atoms with Crippen LogP contribution in [0.15, 0.2) is 24.3 Å². The van der Waals surface area contributed by atoms with E-state index in [4.69, 9.17) is 16.3 Å². The van der Waals surface area contributed by atoms with Crippen molar-refractivity contribution < 1.29 is 4.74 Å².